The van der Waals surface area contributed by atoms with E-state index in [0.717, 1.165) is 18.4 Å². The van der Waals surface area contributed by atoms with E-state index in [0.29, 0.717) is 31.1 Å². The van der Waals surface area contributed by atoms with Crippen molar-refractivity contribution in [2.45, 2.75) is 18.8 Å². The van der Waals surface area contributed by atoms with Crippen molar-refractivity contribution in [2.24, 2.45) is 4.40 Å². The zero-order valence-corrected chi connectivity index (χ0v) is 16.7. The molecule has 0 aliphatic carbocycles. The van der Waals surface area contributed by atoms with Crippen molar-refractivity contribution in [1.82, 2.24) is 14.8 Å². The van der Waals surface area contributed by atoms with Crippen molar-refractivity contribution < 1.29 is 13.2 Å². The number of carbonyl (C=O) groups is 1. The summed E-state index contributed by atoms with van der Waals surface area (Å²) in [4.78, 5) is 20.0. The third-order valence-electron chi connectivity index (χ3n) is 5.93. The predicted octanol–water partition coefficient (Wildman–Crippen LogP) is 2.37. The number of aromatic amines is 1. The fourth-order valence-corrected chi connectivity index (χ4v) is 5.36. The Balaban J connectivity index is 1.33. The van der Waals surface area contributed by atoms with Crippen LogP contribution in [-0.4, -0.2) is 60.3 Å². The third kappa shape index (κ3) is 3.27. The highest BCUT2D eigenvalue weighted by atomic mass is 32.2. The number of carbonyl (C=O) groups excluding carboxylic acids is 1. The number of amides is 1. The van der Waals surface area contributed by atoms with Gasteiger partial charge in [-0.2, -0.15) is 0 Å². The molecule has 0 bridgehead atoms. The van der Waals surface area contributed by atoms with E-state index in [2.05, 4.69) is 27.7 Å². The van der Waals surface area contributed by atoms with E-state index in [1.54, 1.807) is 23.3 Å². The van der Waals surface area contributed by atoms with Crippen LogP contribution in [0.15, 0.2) is 58.8 Å². The van der Waals surface area contributed by atoms with Gasteiger partial charge in [0.2, 0.25) is 0 Å². The van der Waals surface area contributed by atoms with Crippen molar-refractivity contribution in [3.05, 3.63) is 60.0 Å². The lowest BCUT2D eigenvalue weighted by atomic mass is 9.89. The fourth-order valence-electron chi connectivity index (χ4n) is 4.38. The number of aromatic nitrogens is 1. The summed E-state index contributed by atoms with van der Waals surface area (Å²) >= 11 is 0. The number of piperidine rings is 1. The average molecular weight is 410 g/mol. The molecule has 3 aliphatic heterocycles. The number of nitrogens with zero attached hydrogens (tertiary/aromatic N) is 3. The average Bonchev–Trinajstić information content (AvgIpc) is 3.16. The van der Waals surface area contributed by atoms with E-state index in [1.807, 2.05) is 17.0 Å². The Morgan fingerprint density at radius 1 is 1.14 bits per heavy atom. The molecule has 5 rings (SSSR count). The largest absolute Gasteiger partial charge is 0.361 e. The number of nitrogens with one attached hydrogen (secondary N) is 1. The predicted molar refractivity (Wildman–Crippen MR) is 112 cm³/mol. The third-order valence-corrected chi connectivity index (χ3v) is 7.08. The van der Waals surface area contributed by atoms with Crippen molar-refractivity contribution in [3.8, 4) is 0 Å². The lowest BCUT2D eigenvalue weighted by molar-refractivity contribution is -0.127. The number of allylic oxidation sites excluding steroid dienone is 2. The quantitative estimate of drug-likeness (QED) is 0.824. The maximum atomic E-state index is 13.1. The molecule has 0 unspecified atom stereocenters. The Labute approximate surface area is 169 Å². The SMILES string of the molecule is O=C(C1=CC=CN2CCS(=O)(=O)N=C12)N1CCC(c2c[nH]c3ccccc23)CC1. The van der Waals surface area contributed by atoms with Gasteiger partial charge in [0.1, 0.15) is 0 Å². The molecule has 0 spiro atoms. The number of benzene rings is 1. The number of hydrogen-bond donors (Lipinski definition) is 1. The molecule has 1 amide bonds. The monoisotopic (exact) mass is 410 g/mol. The van der Waals surface area contributed by atoms with Gasteiger partial charge in [0, 0.05) is 42.9 Å². The number of H-pyrrole nitrogens is 1. The Hall–Kier alpha value is -2.87. The second kappa shape index (κ2) is 6.88. The van der Waals surface area contributed by atoms with Gasteiger partial charge in [-0.1, -0.05) is 18.2 Å². The van der Waals surface area contributed by atoms with Gasteiger partial charge in [0.25, 0.3) is 15.9 Å². The summed E-state index contributed by atoms with van der Waals surface area (Å²) < 4.78 is 27.7. The van der Waals surface area contributed by atoms with Crippen molar-refractivity contribution in [3.63, 3.8) is 0 Å². The summed E-state index contributed by atoms with van der Waals surface area (Å²) in [6, 6.07) is 8.28. The number of sulfonamides is 1. The van der Waals surface area contributed by atoms with Gasteiger partial charge in [0.05, 0.1) is 11.3 Å². The van der Waals surface area contributed by atoms with Gasteiger partial charge in [-0.15, -0.1) is 4.40 Å². The minimum absolute atomic E-state index is 0.0294. The summed E-state index contributed by atoms with van der Waals surface area (Å²) in [6.07, 6.45) is 9.07. The van der Waals surface area contributed by atoms with Crippen molar-refractivity contribution in [2.75, 3.05) is 25.4 Å². The minimum atomic E-state index is -3.51. The summed E-state index contributed by atoms with van der Waals surface area (Å²) in [5.74, 6) is 0.479. The van der Waals surface area contributed by atoms with Crippen LogP contribution >= 0.6 is 0 Å². The van der Waals surface area contributed by atoms with E-state index >= 15 is 0 Å². The van der Waals surface area contributed by atoms with E-state index < -0.39 is 10.0 Å². The number of rotatable bonds is 2. The molecular formula is C21H22N4O3S. The molecular weight excluding hydrogens is 388 g/mol. The molecule has 8 heteroatoms. The molecule has 7 nitrogen and oxygen atoms in total. The van der Waals surface area contributed by atoms with Gasteiger partial charge in [-0.3, -0.25) is 4.79 Å². The summed E-state index contributed by atoms with van der Waals surface area (Å²) in [6.45, 7) is 1.61. The Morgan fingerprint density at radius 3 is 2.76 bits per heavy atom. The first kappa shape index (κ1) is 18.2. The van der Waals surface area contributed by atoms with Crippen LogP contribution in [0.25, 0.3) is 10.9 Å². The second-order valence-electron chi connectivity index (χ2n) is 7.67. The maximum absolute atomic E-state index is 13.1. The van der Waals surface area contributed by atoms with Gasteiger partial charge in [0.15, 0.2) is 5.84 Å². The first-order valence-electron chi connectivity index (χ1n) is 9.85. The highest BCUT2D eigenvalue weighted by Crippen LogP contribution is 2.33. The van der Waals surface area contributed by atoms with Gasteiger partial charge < -0.3 is 14.8 Å². The summed E-state index contributed by atoms with van der Waals surface area (Å²) in [7, 11) is -3.51. The minimum Gasteiger partial charge on any atom is -0.361 e. The molecule has 1 aromatic heterocycles. The normalized spacial score (nSPS) is 21.7. The first-order chi connectivity index (χ1) is 14.0. The smallest absolute Gasteiger partial charge is 0.257 e. The van der Waals surface area contributed by atoms with Crippen LogP contribution in [0.1, 0.15) is 24.3 Å². The van der Waals surface area contributed by atoms with Gasteiger partial charge in [-0.05, 0) is 42.5 Å². The molecule has 1 saturated heterocycles. The molecule has 1 N–H and O–H groups in total. The second-order valence-corrected chi connectivity index (χ2v) is 9.43. The Kier molecular flexibility index (Phi) is 4.31. The topological polar surface area (TPSA) is 85.8 Å². The molecule has 1 aromatic carbocycles. The Morgan fingerprint density at radius 2 is 1.93 bits per heavy atom. The molecule has 29 heavy (non-hydrogen) atoms. The number of para-hydroxylation sites is 1. The molecule has 1 fully saturated rings. The number of likely N-dealkylation sites (tertiary alicyclic amines) is 1. The van der Waals surface area contributed by atoms with E-state index in [9.17, 15) is 13.2 Å². The first-order valence-corrected chi connectivity index (χ1v) is 11.5. The van der Waals surface area contributed by atoms with Crippen LogP contribution in [0.3, 0.4) is 0 Å². The molecule has 0 saturated carbocycles. The molecule has 2 aromatic rings. The van der Waals surface area contributed by atoms with Crippen LogP contribution in [-0.2, 0) is 14.8 Å². The van der Waals surface area contributed by atoms with Gasteiger partial charge in [-0.25, -0.2) is 8.42 Å². The van der Waals surface area contributed by atoms with Crippen molar-refractivity contribution in [1.29, 1.82) is 0 Å². The van der Waals surface area contributed by atoms with E-state index in [4.69, 9.17) is 0 Å². The number of hydrogen-bond acceptors (Lipinski definition) is 4. The van der Waals surface area contributed by atoms with Crippen molar-refractivity contribution >= 4 is 32.7 Å². The highest BCUT2D eigenvalue weighted by Gasteiger charge is 2.33. The summed E-state index contributed by atoms with van der Waals surface area (Å²) in [5, 5.41) is 1.25. The summed E-state index contributed by atoms with van der Waals surface area (Å²) in [5.41, 5.74) is 2.81. The molecule has 0 radical (unpaired) electrons. The zero-order valence-electron chi connectivity index (χ0n) is 15.9. The zero-order chi connectivity index (χ0) is 20.0. The lowest BCUT2D eigenvalue weighted by Gasteiger charge is -2.35. The maximum Gasteiger partial charge on any atom is 0.257 e. The fraction of sp³-hybridized carbons (Fsp3) is 0.333. The van der Waals surface area contributed by atoms with Crippen LogP contribution in [0.2, 0.25) is 0 Å². The molecule has 4 heterocycles. The molecule has 0 atom stereocenters. The van der Waals surface area contributed by atoms with E-state index in [1.165, 1.54) is 10.9 Å². The van der Waals surface area contributed by atoms with Crippen LogP contribution in [0, 0.1) is 0 Å². The van der Waals surface area contributed by atoms with Gasteiger partial charge >= 0.3 is 0 Å². The number of amidine groups is 1. The van der Waals surface area contributed by atoms with Crippen LogP contribution in [0.5, 0.6) is 0 Å². The standard InChI is InChI=1S/C21H22N4O3S/c26-21(17-5-3-9-24-12-13-29(27,28)23-20(17)24)25-10-7-15(8-11-25)18-14-22-19-6-2-1-4-16(18)19/h1-6,9,14-15,22H,7-8,10-13H2. The van der Waals surface area contributed by atoms with E-state index in [-0.39, 0.29) is 17.5 Å². The molecule has 150 valence electrons. The van der Waals surface area contributed by atoms with Crippen LogP contribution < -0.4 is 0 Å². The van der Waals surface area contributed by atoms with Crippen LogP contribution in [0.4, 0.5) is 0 Å². The Bertz CT molecular complexity index is 1170. The highest BCUT2D eigenvalue weighted by molar-refractivity contribution is 7.90. The number of fused-ring (bicyclic) bond motifs is 2. The lowest BCUT2D eigenvalue weighted by Crippen LogP contribution is -2.45. The molecule has 3 aliphatic rings.